The van der Waals surface area contributed by atoms with Gasteiger partial charge in [0, 0.05) is 19.6 Å². The van der Waals surface area contributed by atoms with E-state index in [1.54, 1.807) is 13.8 Å². The molecule has 1 fully saturated rings. The molecule has 0 aliphatic carbocycles. The van der Waals surface area contributed by atoms with E-state index >= 15 is 0 Å². The van der Waals surface area contributed by atoms with E-state index in [1.165, 1.54) is 4.31 Å². The van der Waals surface area contributed by atoms with Crippen LogP contribution in [0.4, 0.5) is 0 Å². The lowest BCUT2D eigenvalue weighted by Crippen LogP contribution is -2.43. The van der Waals surface area contributed by atoms with E-state index in [4.69, 9.17) is 5.11 Å². The molecule has 1 heterocycles. The second kappa shape index (κ2) is 5.79. The van der Waals surface area contributed by atoms with Crippen LogP contribution in [0.25, 0.3) is 0 Å². The first kappa shape index (κ1) is 14.4. The van der Waals surface area contributed by atoms with Crippen LogP contribution in [-0.4, -0.2) is 43.4 Å². The summed E-state index contributed by atoms with van der Waals surface area (Å²) in [5.74, 6) is -1.76. The predicted octanol–water partition coefficient (Wildman–Crippen LogP) is 0.273. The molecule has 1 aliphatic rings. The van der Waals surface area contributed by atoms with Gasteiger partial charge in [-0.15, -0.1) is 0 Å². The summed E-state index contributed by atoms with van der Waals surface area (Å²) in [6.07, 6.45) is 1.74. The SMILES string of the molecule is CC(C)C(CNS(=O)(=O)N1CCCC1)C(=O)O. The van der Waals surface area contributed by atoms with Crippen LogP contribution in [-0.2, 0) is 15.0 Å². The van der Waals surface area contributed by atoms with Crippen LogP contribution in [0.15, 0.2) is 0 Å². The molecule has 0 aromatic carbocycles. The molecule has 7 heteroatoms. The number of carboxylic acids is 1. The van der Waals surface area contributed by atoms with Gasteiger partial charge in [0.1, 0.15) is 0 Å². The Morgan fingerprint density at radius 2 is 1.88 bits per heavy atom. The molecule has 1 unspecified atom stereocenters. The largest absolute Gasteiger partial charge is 0.481 e. The number of rotatable bonds is 6. The Hall–Kier alpha value is -0.660. The Morgan fingerprint density at radius 3 is 2.29 bits per heavy atom. The smallest absolute Gasteiger partial charge is 0.308 e. The van der Waals surface area contributed by atoms with E-state index in [0.717, 1.165) is 12.8 Å². The van der Waals surface area contributed by atoms with Crippen molar-refractivity contribution in [2.24, 2.45) is 11.8 Å². The summed E-state index contributed by atoms with van der Waals surface area (Å²) in [6, 6.07) is 0. The van der Waals surface area contributed by atoms with Gasteiger partial charge in [-0.25, -0.2) is 4.72 Å². The molecule has 0 amide bonds. The minimum atomic E-state index is -3.50. The first-order valence-corrected chi connectivity index (χ1v) is 7.26. The lowest BCUT2D eigenvalue weighted by atomic mass is 9.97. The molecule has 0 aromatic rings. The summed E-state index contributed by atoms with van der Waals surface area (Å²) in [7, 11) is -3.50. The van der Waals surface area contributed by atoms with Gasteiger partial charge >= 0.3 is 5.97 Å². The Kier molecular flexibility index (Phi) is 4.91. The quantitative estimate of drug-likeness (QED) is 0.721. The lowest BCUT2D eigenvalue weighted by Gasteiger charge is -2.20. The highest BCUT2D eigenvalue weighted by atomic mass is 32.2. The van der Waals surface area contributed by atoms with E-state index < -0.39 is 22.1 Å². The average Bonchev–Trinajstić information content (AvgIpc) is 2.69. The van der Waals surface area contributed by atoms with E-state index in [2.05, 4.69) is 4.72 Å². The number of nitrogens with one attached hydrogen (secondary N) is 1. The molecule has 6 nitrogen and oxygen atoms in total. The van der Waals surface area contributed by atoms with Crippen LogP contribution >= 0.6 is 0 Å². The van der Waals surface area contributed by atoms with Crippen LogP contribution in [0.1, 0.15) is 26.7 Å². The maximum atomic E-state index is 11.8. The second-order valence-corrected chi connectivity index (χ2v) is 6.40. The zero-order chi connectivity index (χ0) is 13.1. The predicted molar refractivity (Wildman–Crippen MR) is 63.7 cm³/mol. The highest BCUT2D eigenvalue weighted by Gasteiger charge is 2.28. The highest BCUT2D eigenvalue weighted by Crippen LogP contribution is 2.14. The fraction of sp³-hybridized carbons (Fsp3) is 0.900. The zero-order valence-electron chi connectivity index (χ0n) is 10.2. The molecule has 1 atom stereocenters. The maximum absolute atomic E-state index is 11.8. The fourth-order valence-electron chi connectivity index (χ4n) is 1.82. The first-order valence-electron chi connectivity index (χ1n) is 5.82. The van der Waals surface area contributed by atoms with Crippen molar-refractivity contribution in [2.45, 2.75) is 26.7 Å². The third-order valence-corrected chi connectivity index (χ3v) is 4.59. The van der Waals surface area contributed by atoms with Gasteiger partial charge in [-0.3, -0.25) is 4.79 Å². The normalized spacial score (nSPS) is 19.7. The number of hydrogen-bond acceptors (Lipinski definition) is 3. The second-order valence-electron chi connectivity index (χ2n) is 4.65. The molecule has 100 valence electrons. The van der Waals surface area contributed by atoms with Crippen molar-refractivity contribution >= 4 is 16.2 Å². The minimum absolute atomic E-state index is 0.0498. The first-order chi connectivity index (χ1) is 7.84. The van der Waals surface area contributed by atoms with Crippen molar-refractivity contribution in [3.8, 4) is 0 Å². The van der Waals surface area contributed by atoms with Crippen molar-refractivity contribution in [1.82, 2.24) is 9.03 Å². The number of carbonyl (C=O) groups is 1. The molecule has 0 saturated carbocycles. The van der Waals surface area contributed by atoms with Gasteiger partial charge in [-0.05, 0) is 18.8 Å². The van der Waals surface area contributed by atoms with E-state index in [1.807, 2.05) is 0 Å². The summed E-state index contributed by atoms with van der Waals surface area (Å²) < 4.78 is 27.4. The molecule has 1 aliphatic heterocycles. The van der Waals surface area contributed by atoms with Crippen LogP contribution in [0, 0.1) is 11.8 Å². The zero-order valence-corrected chi connectivity index (χ0v) is 11.0. The van der Waals surface area contributed by atoms with E-state index in [9.17, 15) is 13.2 Å². The Labute approximate surface area is 102 Å². The molecule has 1 saturated heterocycles. The number of hydrogen-bond donors (Lipinski definition) is 2. The van der Waals surface area contributed by atoms with Crippen LogP contribution < -0.4 is 4.72 Å². The summed E-state index contributed by atoms with van der Waals surface area (Å²) in [4.78, 5) is 10.9. The van der Waals surface area contributed by atoms with Crippen LogP contribution in [0.2, 0.25) is 0 Å². The molecular weight excluding hydrogens is 244 g/mol. The number of carboxylic acid groups (broad SMARTS) is 1. The molecule has 2 N–H and O–H groups in total. The average molecular weight is 264 g/mol. The Bertz CT molecular complexity index is 361. The third-order valence-electron chi connectivity index (χ3n) is 3.01. The summed E-state index contributed by atoms with van der Waals surface area (Å²) in [5, 5.41) is 8.96. The Balaban J connectivity index is 2.56. The van der Waals surface area contributed by atoms with E-state index in [-0.39, 0.29) is 12.5 Å². The van der Waals surface area contributed by atoms with Crippen molar-refractivity contribution in [1.29, 1.82) is 0 Å². The van der Waals surface area contributed by atoms with Gasteiger partial charge in [-0.2, -0.15) is 12.7 Å². The van der Waals surface area contributed by atoms with Gasteiger partial charge in [0.05, 0.1) is 5.92 Å². The molecule has 0 radical (unpaired) electrons. The van der Waals surface area contributed by atoms with Crippen LogP contribution in [0.5, 0.6) is 0 Å². The van der Waals surface area contributed by atoms with Gasteiger partial charge in [0.15, 0.2) is 0 Å². The van der Waals surface area contributed by atoms with Gasteiger partial charge < -0.3 is 5.11 Å². The fourth-order valence-corrected chi connectivity index (χ4v) is 3.13. The summed E-state index contributed by atoms with van der Waals surface area (Å²) >= 11 is 0. The topological polar surface area (TPSA) is 86.7 Å². The van der Waals surface area contributed by atoms with Crippen molar-refractivity contribution in [2.75, 3.05) is 19.6 Å². The number of nitrogens with zero attached hydrogens (tertiary/aromatic N) is 1. The monoisotopic (exact) mass is 264 g/mol. The summed E-state index contributed by atoms with van der Waals surface area (Å²) in [5.41, 5.74) is 0. The highest BCUT2D eigenvalue weighted by molar-refractivity contribution is 7.87. The maximum Gasteiger partial charge on any atom is 0.308 e. The van der Waals surface area contributed by atoms with Crippen LogP contribution in [0.3, 0.4) is 0 Å². The minimum Gasteiger partial charge on any atom is -0.481 e. The summed E-state index contributed by atoms with van der Waals surface area (Å²) in [6.45, 7) is 4.53. The van der Waals surface area contributed by atoms with Crippen molar-refractivity contribution in [3.05, 3.63) is 0 Å². The molecule has 1 rings (SSSR count). The van der Waals surface area contributed by atoms with Gasteiger partial charge in [0.25, 0.3) is 10.2 Å². The van der Waals surface area contributed by atoms with Gasteiger partial charge in [-0.1, -0.05) is 13.8 Å². The molecule has 0 bridgehead atoms. The number of aliphatic carboxylic acids is 1. The lowest BCUT2D eigenvalue weighted by molar-refractivity contribution is -0.142. The van der Waals surface area contributed by atoms with Gasteiger partial charge in [0.2, 0.25) is 0 Å². The molecular formula is C10H20N2O4S. The molecule has 0 aromatic heterocycles. The van der Waals surface area contributed by atoms with Crippen molar-refractivity contribution < 1.29 is 18.3 Å². The third kappa shape index (κ3) is 3.93. The standard InChI is InChI=1S/C10H20N2O4S/c1-8(2)9(10(13)14)7-11-17(15,16)12-5-3-4-6-12/h8-9,11H,3-7H2,1-2H3,(H,13,14). The molecule has 17 heavy (non-hydrogen) atoms. The van der Waals surface area contributed by atoms with Crippen molar-refractivity contribution in [3.63, 3.8) is 0 Å². The van der Waals surface area contributed by atoms with E-state index in [0.29, 0.717) is 13.1 Å². The molecule has 0 spiro atoms. The Morgan fingerprint density at radius 1 is 1.35 bits per heavy atom.